The van der Waals surface area contributed by atoms with Gasteiger partial charge in [-0.2, -0.15) is 0 Å². The molecule has 4 aromatic rings. The highest BCUT2D eigenvalue weighted by Gasteiger charge is 2.18. The molecule has 0 aliphatic carbocycles. The van der Waals surface area contributed by atoms with Crippen LogP contribution in [0.15, 0.2) is 41.3 Å². The highest BCUT2D eigenvalue weighted by Crippen LogP contribution is 2.37. The van der Waals surface area contributed by atoms with Crippen LogP contribution in [0.2, 0.25) is 10.0 Å². The maximum absolute atomic E-state index is 11.8. The predicted molar refractivity (Wildman–Crippen MR) is 127 cm³/mol. The van der Waals surface area contributed by atoms with E-state index in [9.17, 15) is 8.42 Å². The van der Waals surface area contributed by atoms with E-state index in [1.54, 1.807) is 12.1 Å². The van der Waals surface area contributed by atoms with Gasteiger partial charge in [-0.25, -0.2) is 23.5 Å². The zero-order chi connectivity index (χ0) is 23.0. The second-order valence-corrected chi connectivity index (χ2v) is 9.91. The lowest BCUT2D eigenvalue weighted by Crippen LogP contribution is -2.11. The number of halogens is 2. The first-order valence-electron chi connectivity index (χ1n) is 10.1. The van der Waals surface area contributed by atoms with Gasteiger partial charge in [0.05, 0.1) is 26.0 Å². The summed E-state index contributed by atoms with van der Waals surface area (Å²) in [7, 11) is -3.83. The average molecular weight is 493 g/mol. The van der Waals surface area contributed by atoms with Gasteiger partial charge in [-0.1, -0.05) is 36.5 Å². The Labute approximate surface area is 196 Å². The third kappa shape index (κ3) is 4.41. The number of sulfonamides is 1. The van der Waals surface area contributed by atoms with E-state index < -0.39 is 10.0 Å². The van der Waals surface area contributed by atoms with Crippen molar-refractivity contribution in [2.45, 2.75) is 44.7 Å². The molecule has 0 bridgehead atoms. The van der Waals surface area contributed by atoms with Gasteiger partial charge in [0.15, 0.2) is 5.75 Å². The number of aromatic nitrogens is 3. The van der Waals surface area contributed by atoms with Crippen LogP contribution >= 0.6 is 23.2 Å². The average Bonchev–Trinajstić information content (AvgIpc) is 3.07. The van der Waals surface area contributed by atoms with E-state index in [-0.39, 0.29) is 11.5 Å². The Kier molecular flexibility index (Phi) is 6.31. The van der Waals surface area contributed by atoms with Crippen LogP contribution in [0.4, 0.5) is 0 Å². The summed E-state index contributed by atoms with van der Waals surface area (Å²) in [5, 5.41) is 6.88. The van der Waals surface area contributed by atoms with Crippen LogP contribution in [0.3, 0.4) is 0 Å². The standard InChI is InChI=1S/C22H22Cl2N4O3S/c1-3-4-9-28-19-8-6-14(32(25,29)30)10-18(19)27-20(28)12-31-22-17(24)11-16(23)15-7-5-13(2)26-21(15)22/h5-8,10-11H,3-4,9,12H2,1-2H3,(H2,25,29,30). The fraction of sp³-hybridized carbons (Fsp3) is 0.273. The van der Waals surface area contributed by atoms with E-state index in [4.69, 9.17) is 33.1 Å². The molecular formula is C22H22Cl2N4O3S. The largest absolute Gasteiger partial charge is 0.482 e. The monoisotopic (exact) mass is 492 g/mol. The number of fused-ring (bicyclic) bond motifs is 2. The Morgan fingerprint density at radius 2 is 1.88 bits per heavy atom. The number of rotatable bonds is 7. The summed E-state index contributed by atoms with van der Waals surface area (Å²) in [5.74, 6) is 1.07. The second kappa shape index (κ2) is 8.86. The molecule has 4 rings (SSSR count). The third-order valence-corrected chi connectivity index (χ3v) is 6.69. The lowest BCUT2D eigenvalue weighted by molar-refractivity contribution is 0.293. The lowest BCUT2D eigenvalue weighted by atomic mass is 10.2. The maximum atomic E-state index is 11.8. The first kappa shape index (κ1) is 22.8. The molecule has 0 aliphatic heterocycles. The fourth-order valence-electron chi connectivity index (χ4n) is 3.58. The molecule has 0 radical (unpaired) electrons. The van der Waals surface area contributed by atoms with Crippen LogP contribution in [0, 0.1) is 6.92 Å². The zero-order valence-electron chi connectivity index (χ0n) is 17.6. The SMILES string of the molecule is CCCCn1c(COc2c(Cl)cc(Cl)c3ccc(C)nc23)nc2cc(S(N)(=O)=O)ccc21. The maximum Gasteiger partial charge on any atom is 0.238 e. The summed E-state index contributed by atoms with van der Waals surface area (Å²) < 4.78 is 31.6. The number of aryl methyl sites for hydroxylation is 2. The third-order valence-electron chi connectivity index (χ3n) is 5.19. The summed E-state index contributed by atoms with van der Waals surface area (Å²) in [6.45, 7) is 4.81. The van der Waals surface area contributed by atoms with E-state index >= 15 is 0 Å². The molecule has 2 heterocycles. The Bertz CT molecular complexity index is 1430. The summed E-state index contributed by atoms with van der Waals surface area (Å²) >= 11 is 12.8. The molecule has 0 saturated heterocycles. The zero-order valence-corrected chi connectivity index (χ0v) is 19.9. The molecule has 0 spiro atoms. The second-order valence-electron chi connectivity index (χ2n) is 7.54. The van der Waals surface area contributed by atoms with Crippen LogP contribution in [-0.2, 0) is 23.2 Å². The van der Waals surface area contributed by atoms with Gasteiger partial charge in [0, 0.05) is 17.6 Å². The highest BCUT2D eigenvalue weighted by atomic mass is 35.5. The summed E-state index contributed by atoms with van der Waals surface area (Å²) in [6.07, 6.45) is 1.92. The number of nitrogens with zero attached hydrogens (tertiary/aromatic N) is 3. The van der Waals surface area contributed by atoms with Gasteiger partial charge < -0.3 is 9.30 Å². The van der Waals surface area contributed by atoms with Gasteiger partial charge in [-0.15, -0.1) is 0 Å². The predicted octanol–water partition coefficient (Wildman–Crippen LogP) is 5.23. The van der Waals surface area contributed by atoms with Gasteiger partial charge in [0.2, 0.25) is 10.0 Å². The number of pyridine rings is 1. The number of imidazole rings is 1. The number of nitrogens with two attached hydrogens (primary N) is 1. The lowest BCUT2D eigenvalue weighted by Gasteiger charge is -2.13. The molecule has 2 aromatic carbocycles. The number of benzene rings is 2. The molecule has 0 atom stereocenters. The highest BCUT2D eigenvalue weighted by molar-refractivity contribution is 7.89. The van der Waals surface area contributed by atoms with Crippen molar-refractivity contribution >= 4 is 55.2 Å². The first-order valence-corrected chi connectivity index (χ1v) is 12.4. The van der Waals surface area contributed by atoms with Crippen LogP contribution in [0.25, 0.3) is 21.9 Å². The smallest absolute Gasteiger partial charge is 0.238 e. The minimum atomic E-state index is -3.83. The minimum Gasteiger partial charge on any atom is -0.482 e. The normalized spacial score (nSPS) is 12.0. The van der Waals surface area contributed by atoms with Crippen molar-refractivity contribution in [2.24, 2.45) is 5.14 Å². The summed E-state index contributed by atoms with van der Waals surface area (Å²) in [5.41, 5.74) is 2.74. The number of unbranched alkanes of at least 4 members (excludes halogenated alkanes) is 1. The summed E-state index contributed by atoms with van der Waals surface area (Å²) in [4.78, 5) is 9.21. The first-order chi connectivity index (χ1) is 15.2. The van der Waals surface area contributed by atoms with Crippen molar-refractivity contribution in [3.05, 3.63) is 58.0 Å². The molecule has 0 saturated carbocycles. The molecule has 2 N–H and O–H groups in total. The van der Waals surface area contributed by atoms with Crippen LogP contribution < -0.4 is 9.88 Å². The number of hydrogen-bond acceptors (Lipinski definition) is 5. The van der Waals surface area contributed by atoms with Crippen LogP contribution in [-0.4, -0.2) is 23.0 Å². The molecule has 0 fully saturated rings. The fourth-order valence-corrected chi connectivity index (χ4v) is 4.68. The van der Waals surface area contributed by atoms with Crippen molar-refractivity contribution in [1.82, 2.24) is 14.5 Å². The van der Waals surface area contributed by atoms with Crippen molar-refractivity contribution in [1.29, 1.82) is 0 Å². The van der Waals surface area contributed by atoms with E-state index in [2.05, 4.69) is 16.9 Å². The van der Waals surface area contributed by atoms with Crippen molar-refractivity contribution in [2.75, 3.05) is 0 Å². The molecule has 2 aromatic heterocycles. The van der Waals surface area contributed by atoms with E-state index in [0.717, 1.165) is 29.4 Å². The van der Waals surface area contributed by atoms with Gasteiger partial charge in [0.25, 0.3) is 0 Å². The number of hydrogen-bond donors (Lipinski definition) is 1. The molecule has 32 heavy (non-hydrogen) atoms. The van der Waals surface area contributed by atoms with E-state index in [0.29, 0.717) is 39.2 Å². The minimum absolute atomic E-state index is 0.0176. The Balaban J connectivity index is 1.77. The Morgan fingerprint density at radius 3 is 2.59 bits per heavy atom. The van der Waals surface area contributed by atoms with Crippen molar-refractivity contribution < 1.29 is 13.2 Å². The molecule has 7 nitrogen and oxygen atoms in total. The molecule has 0 aliphatic rings. The topological polar surface area (TPSA) is 100 Å². The Hall–Kier alpha value is -2.39. The van der Waals surface area contributed by atoms with Gasteiger partial charge in [-0.05, 0) is 49.7 Å². The van der Waals surface area contributed by atoms with Crippen LogP contribution in [0.1, 0.15) is 31.3 Å². The van der Waals surface area contributed by atoms with Gasteiger partial charge >= 0.3 is 0 Å². The number of primary sulfonamides is 1. The molecule has 10 heteroatoms. The molecule has 0 amide bonds. The molecule has 168 valence electrons. The number of ether oxygens (including phenoxy) is 1. The molecular weight excluding hydrogens is 471 g/mol. The Morgan fingerprint density at radius 1 is 1.09 bits per heavy atom. The molecule has 0 unspecified atom stereocenters. The van der Waals surface area contributed by atoms with Crippen molar-refractivity contribution in [3.8, 4) is 5.75 Å². The van der Waals surface area contributed by atoms with E-state index in [1.807, 2.05) is 23.6 Å². The summed E-state index contributed by atoms with van der Waals surface area (Å²) in [6, 6.07) is 10.1. The van der Waals surface area contributed by atoms with Crippen LogP contribution in [0.5, 0.6) is 5.75 Å². The van der Waals surface area contributed by atoms with E-state index in [1.165, 1.54) is 12.1 Å². The quantitative estimate of drug-likeness (QED) is 0.380. The van der Waals surface area contributed by atoms with Gasteiger partial charge in [-0.3, -0.25) is 0 Å². The van der Waals surface area contributed by atoms with Gasteiger partial charge in [0.1, 0.15) is 17.9 Å². The van der Waals surface area contributed by atoms with Crippen molar-refractivity contribution in [3.63, 3.8) is 0 Å².